The van der Waals surface area contributed by atoms with E-state index < -0.39 is 15.8 Å². The highest BCUT2D eigenvalue weighted by Gasteiger charge is 2.32. The number of fused-ring (bicyclic) bond motifs is 1. The van der Waals surface area contributed by atoms with Crippen LogP contribution >= 0.6 is 0 Å². The summed E-state index contributed by atoms with van der Waals surface area (Å²) in [6, 6.07) is 9.29. The van der Waals surface area contributed by atoms with Crippen LogP contribution in [0.1, 0.15) is 18.7 Å². The third-order valence-electron chi connectivity index (χ3n) is 5.83. The zero-order chi connectivity index (χ0) is 20.6. The number of piperazine rings is 1. The molecule has 0 saturated carbocycles. The molecule has 0 bridgehead atoms. The van der Waals surface area contributed by atoms with Crippen LogP contribution < -0.4 is 0 Å². The van der Waals surface area contributed by atoms with Crippen LogP contribution in [-0.2, 0) is 21.4 Å². The second-order valence-electron chi connectivity index (χ2n) is 7.52. The number of hydrogen-bond donors (Lipinski definition) is 0. The molecule has 156 valence electrons. The second-order valence-corrected chi connectivity index (χ2v) is 9.45. The summed E-state index contributed by atoms with van der Waals surface area (Å²) in [5.74, 6) is -0.568. The topological polar surface area (TPSA) is 65.9 Å². The number of rotatable bonds is 4. The Morgan fingerprint density at radius 2 is 1.83 bits per heavy atom. The van der Waals surface area contributed by atoms with Crippen LogP contribution in [0.2, 0.25) is 0 Å². The Bertz CT molecular complexity index is 999. The predicted octanol–water partition coefficient (Wildman–Crippen LogP) is 1.54. The lowest BCUT2D eigenvalue weighted by Crippen LogP contribution is -2.53. The number of aromatic nitrogens is 1. The van der Waals surface area contributed by atoms with Crippen LogP contribution in [0.25, 0.3) is 0 Å². The summed E-state index contributed by atoms with van der Waals surface area (Å²) in [5.41, 5.74) is 1.20. The van der Waals surface area contributed by atoms with Gasteiger partial charge >= 0.3 is 0 Å². The maximum absolute atomic E-state index is 13.4. The standard InChI is InChI=1S/C20H25FN4O3S/c1-16-19-6-3-7-22(19)8-9-24(16)15-20(26)23-10-12-25(13-11-23)29(27,28)18-5-2-4-17(21)14-18/h2-7,14,16H,8-13,15H2,1H3. The van der Waals surface area contributed by atoms with Gasteiger partial charge in [-0.05, 0) is 37.3 Å². The van der Waals surface area contributed by atoms with Crippen molar-refractivity contribution in [1.82, 2.24) is 18.7 Å². The van der Waals surface area contributed by atoms with Gasteiger partial charge in [0.1, 0.15) is 5.82 Å². The molecular weight excluding hydrogens is 395 g/mol. The average molecular weight is 421 g/mol. The first-order chi connectivity index (χ1) is 13.9. The molecule has 1 atom stereocenters. The van der Waals surface area contributed by atoms with E-state index in [0.29, 0.717) is 19.6 Å². The molecule has 1 amide bonds. The number of hydrogen-bond acceptors (Lipinski definition) is 4. The van der Waals surface area contributed by atoms with E-state index in [1.54, 1.807) is 4.90 Å². The maximum atomic E-state index is 13.4. The van der Waals surface area contributed by atoms with Crippen LogP contribution in [0.15, 0.2) is 47.5 Å². The lowest BCUT2D eigenvalue weighted by atomic mass is 10.1. The van der Waals surface area contributed by atoms with Gasteiger partial charge in [-0.3, -0.25) is 9.69 Å². The molecule has 0 spiro atoms. The molecule has 1 fully saturated rings. The van der Waals surface area contributed by atoms with E-state index in [9.17, 15) is 17.6 Å². The lowest BCUT2D eigenvalue weighted by molar-refractivity contribution is -0.134. The Kier molecular flexibility index (Phi) is 5.46. The highest BCUT2D eigenvalue weighted by atomic mass is 32.2. The summed E-state index contributed by atoms with van der Waals surface area (Å²) in [6.07, 6.45) is 2.06. The van der Waals surface area contributed by atoms with Gasteiger partial charge in [0.05, 0.1) is 11.4 Å². The number of carbonyl (C=O) groups excluding carboxylic acids is 1. The molecule has 2 aliphatic rings. The molecular formula is C20H25FN4O3S. The number of halogens is 1. The van der Waals surface area contributed by atoms with Crippen LogP contribution in [0.5, 0.6) is 0 Å². The summed E-state index contributed by atoms with van der Waals surface area (Å²) in [4.78, 5) is 16.6. The van der Waals surface area contributed by atoms with Gasteiger partial charge in [0, 0.05) is 57.2 Å². The van der Waals surface area contributed by atoms with Crippen LogP contribution in [0.4, 0.5) is 4.39 Å². The summed E-state index contributed by atoms with van der Waals surface area (Å²) < 4.78 is 42.4. The van der Waals surface area contributed by atoms with Gasteiger partial charge in [0.2, 0.25) is 15.9 Å². The van der Waals surface area contributed by atoms with Crippen molar-refractivity contribution >= 4 is 15.9 Å². The van der Waals surface area contributed by atoms with Crippen LogP contribution in [0, 0.1) is 5.82 Å². The van der Waals surface area contributed by atoms with Crippen LogP contribution in [-0.4, -0.2) is 72.3 Å². The van der Waals surface area contributed by atoms with Gasteiger partial charge in [-0.1, -0.05) is 6.07 Å². The Balaban J connectivity index is 1.35. The maximum Gasteiger partial charge on any atom is 0.243 e. The number of nitrogens with zero attached hydrogens (tertiary/aromatic N) is 4. The van der Waals surface area contributed by atoms with Crippen molar-refractivity contribution in [2.24, 2.45) is 0 Å². The molecule has 1 aromatic carbocycles. The minimum Gasteiger partial charge on any atom is -0.349 e. The molecule has 1 unspecified atom stereocenters. The Morgan fingerprint density at radius 3 is 2.55 bits per heavy atom. The van der Waals surface area contributed by atoms with Crippen molar-refractivity contribution in [3.8, 4) is 0 Å². The monoisotopic (exact) mass is 420 g/mol. The molecule has 0 N–H and O–H groups in total. The zero-order valence-corrected chi connectivity index (χ0v) is 17.2. The predicted molar refractivity (Wildman–Crippen MR) is 106 cm³/mol. The van der Waals surface area contributed by atoms with Gasteiger partial charge < -0.3 is 9.47 Å². The minimum absolute atomic E-state index is 0.0136. The molecule has 1 aromatic heterocycles. The second kappa shape index (κ2) is 7.89. The number of benzene rings is 1. The van der Waals surface area contributed by atoms with Crippen molar-refractivity contribution in [3.05, 3.63) is 54.1 Å². The van der Waals surface area contributed by atoms with E-state index in [1.807, 2.05) is 6.07 Å². The van der Waals surface area contributed by atoms with Gasteiger partial charge in [0.15, 0.2) is 0 Å². The molecule has 2 aromatic rings. The number of sulfonamides is 1. The number of carbonyl (C=O) groups is 1. The largest absolute Gasteiger partial charge is 0.349 e. The SMILES string of the molecule is CC1c2cccn2CCN1CC(=O)N1CCN(S(=O)(=O)c2cccc(F)c2)CC1. The molecule has 3 heterocycles. The van der Waals surface area contributed by atoms with E-state index >= 15 is 0 Å². The Morgan fingerprint density at radius 1 is 1.07 bits per heavy atom. The third-order valence-corrected chi connectivity index (χ3v) is 7.73. The molecule has 29 heavy (non-hydrogen) atoms. The third kappa shape index (κ3) is 3.94. The fraction of sp³-hybridized carbons (Fsp3) is 0.450. The van der Waals surface area contributed by atoms with E-state index in [2.05, 4.69) is 28.7 Å². The van der Waals surface area contributed by atoms with Gasteiger partial charge in [-0.25, -0.2) is 12.8 Å². The molecule has 4 rings (SSSR count). The molecule has 1 saturated heterocycles. The first-order valence-corrected chi connectivity index (χ1v) is 11.2. The summed E-state index contributed by atoms with van der Waals surface area (Å²) in [5, 5.41) is 0. The van der Waals surface area contributed by atoms with Gasteiger partial charge in [-0.2, -0.15) is 4.31 Å². The van der Waals surface area contributed by atoms with Crippen LogP contribution in [0.3, 0.4) is 0 Å². The quantitative estimate of drug-likeness (QED) is 0.753. The van der Waals surface area contributed by atoms with Crippen molar-refractivity contribution in [2.75, 3.05) is 39.3 Å². The fourth-order valence-corrected chi connectivity index (χ4v) is 5.53. The summed E-state index contributed by atoms with van der Waals surface area (Å²) in [7, 11) is -3.75. The minimum atomic E-state index is -3.75. The van der Waals surface area contributed by atoms with Crippen molar-refractivity contribution in [1.29, 1.82) is 0 Å². The lowest BCUT2D eigenvalue weighted by Gasteiger charge is -2.38. The van der Waals surface area contributed by atoms with E-state index in [-0.39, 0.29) is 29.9 Å². The molecule has 0 radical (unpaired) electrons. The zero-order valence-electron chi connectivity index (χ0n) is 16.4. The highest BCUT2D eigenvalue weighted by Crippen LogP contribution is 2.25. The first kappa shape index (κ1) is 20.1. The fourth-order valence-electron chi connectivity index (χ4n) is 4.07. The first-order valence-electron chi connectivity index (χ1n) is 9.79. The van der Waals surface area contributed by atoms with E-state index in [0.717, 1.165) is 19.2 Å². The Hall–Kier alpha value is -2.23. The molecule has 2 aliphatic heterocycles. The smallest absolute Gasteiger partial charge is 0.243 e. The van der Waals surface area contributed by atoms with Crippen molar-refractivity contribution in [2.45, 2.75) is 24.4 Å². The van der Waals surface area contributed by atoms with Gasteiger partial charge in [0.25, 0.3) is 0 Å². The highest BCUT2D eigenvalue weighted by molar-refractivity contribution is 7.89. The molecule has 9 heteroatoms. The Labute approximate surface area is 170 Å². The molecule has 7 nitrogen and oxygen atoms in total. The summed E-state index contributed by atoms with van der Waals surface area (Å²) in [6.45, 7) is 5.19. The van der Waals surface area contributed by atoms with Crippen molar-refractivity contribution < 1.29 is 17.6 Å². The average Bonchev–Trinajstić information content (AvgIpc) is 3.20. The molecule has 0 aliphatic carbocycles. The normalized spacial score (nSPS) is 21.2. The van der Waals surface area contributed by atoms with E-state index in [4.69, 9.17) is 0 Å². The van der Waals surface area contributed by atoms with Gasteiger partial charge in [-0.15, -0.1) is 0 Å². The van der Waals surface area contributed by atoms with E-state index in [1.165, 1.54) is 28.2 Å². The van der Waals surface area contributed by atoms with Crippen molar-refractivity contribution in [3.63, 3.8) is 0 Å². The summed E-state index contributed by atoms with van der Waals surface area (Å²) >= 11 is 0. The number of amides is 1.